The number of hydrogen-bond donors (Lipinski definition) is 1. The lowest BCUT2D eigenvalue weighted by atomic mass is 10.2. The molecule has 6 nitrogen and oxygen atoms in total. The Morgan fingerprint density at radius 3 is 2.60 bits per heavy atom. The Morgan fingerprint density at radius 1 is 1.20 bits per heavy atom. The van der Waals surface area contributed by atoms with Crippen LogP contribution in [-0.4, -0.2) is 27.8 Å². The molecule has 0 bridgehead atoms. The molecule has 6 heteroatoms. The molecule has 0 saturated carbocycles. The van der Waals surface area contributed by atoms with Gasteiger partial charge in [0.25, 0.3) is 0 Å². The number of carbonyl (C=O) groups is 1. The van der Waals surface area contributed by atoms with E-state index in [2.05, 4.69) is 10.4 Å². The summed E-state index contributed by atoms with van der Waals surface area (Å²) in [6.45, 7) is 0.439. The molecule has 0 unspecified atom stereocenters. The van der Waals surface area contributed by atoms with Crippen molar-refractivity contribution in [1.29, 1.82) is 5.26 Å². The van der Waals surface area contributed by atoms with Gasteiger partial charge < -0.3 is 10.2 Å². The molecular weight excluding hydrogens is 314 g/mol. The van der Waals surface area contributed by atoms with Crippen LogP contribution in [0.4, 0.5) is 10.5 Å². The number of nitrogens with one attached hydrogen (secondary N) is 1. The highest BCUT2D eigenvalue weighted by atomic mass is 16.2. The van der Waals surface area contributed by atoms with E-state index in [4.69, 9.17) is 5.26 Å². The summed E-state index contributed by atoms with van der Waals surface area (Å²) in [5.41, 5.74) is 3.11. The maximum atomic E-state index is 12.3. The SMILES string of the molecule is CN(Cc1cnn(-c2ccccc2)c1)C(=O)Nc1ccc(C#N)cc1. The summed E-state index contributed by atoms with van der Waals surface area (Å²) < 4.78 is 1.78. The second-order valence-corrected chi connectivity index (χ2v) is 5.60. The average molecular weight is 331 g/mol. The summed E-state index contributed by atoms with van der Waals surface area (Å²) in [6.07, 6.45) is 3.65. The van der Waals surface area contributed by atoms with Gasteiger partial charge in [0.1, 0.15) is 0 Å². The molecule has 0 aliphatic rings. The normalized spacial score (nSPS) is 10.1. The number of urea groups is 1. The summed E-state index contributed by atoms with van der Waals surface area (Å²) in [7, 11) is 1.72. The molecule has 2 amide bonds. The summed E-state index contributed by atoms with van der Waals surface area (Å²) in [4.78, 5) is 13.8. The highest BCUT2D eigenvalue weighted by Gasteiger charge is 2.11. The topological polar surface area (TPSA) is 74.0 Å². The zero-order valence-electron chi connectivity index (χ0n) is 13.8. The maximum absolute atomic E-state index is 12.3. The molecule has 3 aromatic rings. The van der Waals surface area contributed by atoms with Crippen LogP contribution in [-0.2, 0) is 6.54 Å². The van der Waals surface area contributed by atoms with Crippen LogP contribution in [0.1, 0.15) is 11.1 Å². The van der Waals surface area contributed by atoms with E-state index in [1.807, 2.05) is 42.6 Å². The maximum Gasteiger partial charge on any atom is 0.321 e. The van der Waals surface area contributed by atoms with E-state index in [-0.39, 0.29) is 6.03 Å². The van der Waals surface area contributed by atoms with Gasteiger partial charge in [0.2, 0.25) is 0 Å². The number of amides is 2. The van der Waals surface area contributed by atoms with Gasteiger partial charge in [-0.05, 0) is 36.4 Å². The van der Waals surface area contributed by atoms with Crippen molar-refractivity contribution in [2.45, 2.75) is 6.54 Å². The number of para-hydroxylation sites is 1. The summed E-state index contributed by atoms with van der Waals surface area (Å²) in [6, 6.07) is 18.4. The summed E-state index contributed by atoms with van der Waals surface area (Å²) in [5.74, 6) is 0. The fourth-order valence-corrected chi connectivity index (χ4v) is 2.36. The van der Waals surface area contributed by atoms with Crippen molar-refractivity contribution in [2.75, 3.05) is 12.4 Å². The number of carbonyl (C=O) groups excluding carboxylic acids is 1. The first kappa shape index (κ1) is 16.3. The summed E-state index contributed by atoms with van der Waals surface area (Å²) >= 11 is 0. The third-order valence-corrected chi connectivity index (χ3v) is 3.69. The Balaban J connectivity index is 1.61. The van der Waals surface area contributed by atoms with Crippen molar-refractivity contribution >= 4 is 11.7 Å². The van der Waals surface area contributed by atoms with Gasteiger partial charge in [0, 0.05) is 24.5 Å². The fraction of sp³-hybridized carbons (Fsp3) is 0.105. The Morgan fingerprint density at radius 2 is 1.92 bits per heavy atom. The van der Waals surface area contributed by atoms with Crippen LogP contribution in [0.5, 0.6) is 0 Å². The Kier molecular flexibility index (Phi) is 4.77. The molecule has 1 heterocycles. The van der Waals surface area contributed by atoms with Crippen LogP contribution in [0.3, 0.4) is 0 Å². The van der Waals surface area contributed by atoms with Gasteiger partial charge in [0.15, 0.2) is 0 Å². The van der Waals surface area contributed by atoms with Gasteiger partial charge in [-0.2, -0.15) is 10.4 Å². The van der Waals surface area contributed by atoms with E-state index in [0.717, 1.165) is 11.3 Å². The third-order valence-electron chi connectivity index (χ3n) is 3.69. The number of nitriles is 1. The molecule has 3 rings (SSSR count). The molecule has 0 aliphatic carbocycles. The predicted octanol–water partition coefficient (Wildman–Crippen LogP) is 3.41. The lowest BCUT2D eigenvalue weighted by molar-refractivity contribution is 0.220. The van der Waals surface area contributed by atoms with Crippen molar-refractivity contribution < 1.29 is 4.79 Å². The van der Waals surface area contributed by atoms with E-state index in [0.29, 0.717) is 17.8 Å². The highest BCUT2D eigenvalue weighted by Crippen LogP contribution is 2.12. The van der Waals surface area contributed by atoms with E-state index >= 15 is 0 Å². The third kappa shape index (κ3) is 4.03. The Bertz CT molecular complexity index is 894. The van der Waals surface area contributed by atoms with Crippen LogP contribution >= 0.6 is 0 Å². The molecule has 1 aromatic heterocycles. The first-order chi connectivity index (χ1) is 12.2. The van der Waals surface area contributed by atoms with Crippen LogP contribution in [0.15, 0.2) is 67.0 Å². The number of aromatic nitrogens is 2. The van der Waals surface area contributed by atoms with Gasteiger partial charge in [-0.3, -0.25) is 0 Å². The van der Waals surface area contributed by atoms with Crippen LogP contribution in [0.2, 0.25) is 0 Å². The van der Waals surface area contributed by atoms with Crippen molar-refractivity contribution in [1.82, 2.24) is 14.7 Å². The molecule has 25 heavy (non-hydrogen) atoms. The summed E-state index contributed by atoms with van der Waals surface area (Å²) in [5, 5.41) is 15.9. The number of rotatable bonds is 4. The zero-order valence-corrected chi connectivity index (χ0v) is 13.8. The highest BCUT2D eigenvalue weighted by molar-refractivity contribution is 5.89. The molecule has 1 N–H and O–H groups in total. The molecule has 0 spiro atoms. The van der Waals surface area contributed by atoms with Crippen molar-refractivity contribution in [3.8, 4) is 11.8 Å². The van der Waals surface area contributed by atoms with E-state index in [1.54, 1.807) is 47.1 Å². The number of nitrogens with zero attached hydrogens (tertiary/aromatic N) is 4. The lowest BCUT2D eigenvalue weighted by Gasteiger charge is -2.17. The van der Waals surface area contributed by atoms with Gasteiger partial charge in [-0.15, -0.1) is 0 Å². The van der Waals surface area contributed by atoms with Gasteiger partial charge in [0.05, 0.1) is 30.1 Å². The standard InChI is InChI=1S/C19H17N5O/c1-23(19(25)22-17-9-7-15(11-20)8-10-17)13-16-12-21-24(14-16)18-5-3-2-4-6-18/h2-10,12,14H,13H2,1H3,(H,22,25). The van der Waals surface area contributed by atoms with Crippen molar-refractivity contribution in [3.63, 3.8) is 0 Å². The van der Waals surface area contributed by atoms with Gasteiger partial charge >= 0.3 is 6.03 Å². The molecule has 2 aromatic carbocycles. The van der Waals surface area contributed by atoms with Gasteiger partial charge in [-0.1, -0.05) is 18.2 Å². The smallest absolute Gasteiger partial charge is 0.321 e. The molecular formula is C19H17N5O. The minimum Gasteiger partial charge on any atom is -0.323 e. The number of anilines is 1. The average Bonchev–Trinajstić information content (AvgIpc) is 3.11. The van der Waals surface area contributed by atoms with E-state index < -0.39 is 0 Å². The zero-order chi connectivity index (χ0) is 17.6. The first-order valence-corrected chi connectivity index (χ1v) is 7.77. The fourth-order valence-electron chi connectivity index (χ4n) is 2.36. The minimum absolute atomic E-state index is 0.225. The van der Waals surface area contributed by atoms with Crippen molar-refractivity contribution in [3.05, 3.63) is 78.1 Å². The predicted molar refractivity (Wildman–Crippen MR) is 95.2 cm³/mol. The quantitative estimate of drug-likeness (QED) is 0.796. The Labute approximate surface area is 145 Å². The Hall–Kier alpha value is -3.59. The minimum atomic E-state index is -0.225. The second kappa shape index (κ2) is 7.32. The van der Waals surface area contributed by atoms with Crippen LogP contribution in [0.25, 0.3) is 5.69 Å². The lowest BCUT2D eigenvalue weighted by Crippen LogP contribution is -2.30. The largest absolute Gasteiger partial charge is 0.323 e. The molecule has 0 saturated heterocycles. The van der Waals surface area contributed by atoms with Crippen LogP contribution < -0.4 is 5.32 Å². The van der Waals surface area contributed by atoms with Gasteiger partial charge in [-0.25, -0.2) is 9.48 Å². The van der Waals surface area contributed by atoms with Crippen molar-refractivity contribution in [2.24, 2.45) is 0 Å². The molecule has 0 radical (unpaired) electrons. The van der Waals surface area contributed by atoms with E-state index in [9.17, 15) is 4.79 Å². The number of hydrogen-bond acceptors (Lipinski definition) is 3. The molecule has 0 atom stereocenters. The van der Waals surface area contributed by atoms with E-state index in [1.165, 1.54) is 0 Å². The monoisotopic (exact) mass is 331 g/mol. The second-order valence-electron chi connectivity index (χ2n) is 5.60. The number of benzene rings is 2. The first-order valence-electron chi connectivity index (χ1n) is 7.77. The molecule has 0 aliphatic heterocycles. The molecule has 0 fully saturated rings. The van der Waals surface area contributed by atoms with Crippen LogP contribution in [0, 0.1) is 11.3 Å². The molecule has 124 valence electrons.